The van der Waals surface area contributed by atoms with E-state index in [4.69, 9.17) is 4.42 Å². The van der Waals surface area contributed by atoms with E-state index in [0.717, 1.165) is 54.2 Å². The monoisotopic (exact) mass is 310 g/mol. The molecule has 1 N–H and O–H groups in total. The first kappa shape index (κ1) is 13.9. The van der Waals surface area contributed by atoms with E-state index in [9.17, 15) is 0 Å². The number of hydrogen-bond acceptors (Lipinski definition) is 7. The number of nitrogens with one attached hydrogen (secondary N) is 1. The van der Waals surface area contributed by atoms with E-state index in [1.54, 1.807) is 18.8 Å². The van der Waals surface area contributed by atoms with Crippen LogP contribution in [-0.4, -0.2) is 39.3 Å². The van der Waals surface area contributed by atoms with E-state index in [1.165, 1.54) is 0 Å². The van der Waals surface area contributed by atoms with E-state index < -0.39 is 0 Å². The first-order valence-corrected chi connectivity index (χ1v) is 7.78. The van der Waals surface area contributed by atoms with Crippen LogP contribution in [0.4, 0.5) is 11.6 Å². The van der Waals surface area contributed by atoms with Crippen molar-refractivity contribution in [3.05, 3.63) is 36.6 Å². The van der Waals surface area contributed by atoms with Crippen LogP contribution in [0, 0.1) is 6.92 Å². The van der Waals surface area contributed by atoms with Gasteiger partial charge in [0.2, 0.25) is 0 Å². The fourth-order valence-electron chi connectivity index (χ4n) is 2.98. The van der Waals surface area contributed by atoms with E-state index >= 15 is 0 Å². The zero-order chi connectivity index (χ0) is 15.6. The predicted molar refractivity (Wildman–Crippen MR) is 87.4 cm³/mol. The van der Waals surface area contributed by atoms with Crippen molar-refractivity contribution in [2.45, 2.75) is 25.8 Å². The third kappa shape index (κ3) is 2.81. The molecule has 3 aromatic rings. The molecule has 1 saturated heterocycles. The Labute approximate surface area is 133 Å². The zero-order valence-corrected chi connectivity index (χ0v) is 12.9. The fourth-order valence-corrected chi connectivity index (χ4v) is 2.98. The Bertz CT molecular complexity index is 809. The van der Waals surface area contributed by atoms with Crippen LogP contribution in [0.3, 0.4) is 0 Å². The third-order valence-corrected chi connectivity index (χ3v) is 4.20. The summed E-state index contributed by atoms with van der Waals surface area (Å²) in [6.45, 7) is 3.80. The average Bonchev–Trinajstić information content (AvgIpc) is 3.04. The van der Waals surface area contributed by atoms with Gasteiger partial charge in [0.25, 0.3) is 0 Å². The maximum absolute atomic E-state index is 5.56. The van der Waals surface area contributed by atoms with Crippen LogP contribution >= 0.6 is 0 Å². The highest BCUT2D eigenvalue weighted by atomic mass is 16.3. The van der Waals surface area contributed by atoms with Crippen LogP contribution in [0.1, 0.15) is 18.5 Å². The summed E-state index contributed by atoms with van der Waals surface area (Å²) >= 11 is 0. The summed E-state index contributed by atoms with van der Waals surface area (Å²) in [6.07, 6.45) is 7.04. The van der Waals surface area contributed by atoms with Gasteiger partial charge in [-0.25, -0.2) is 9.97 Å². The SMILES string of the molecule is Cc1cc(NC2CCN(c3nncc4ccoc34)CC2)ncn1. The summed E-state index contributed by atoms with van der Waals surface area (Å²) < 4.78 is 5.56. The number of rotatable bonds is 3. The molecule has 1 fully saturated rings. The molecule has 7 nitrogen and oxygen atoms in total. The Hall–Kier alpha value is -2.70. The van der Waals surface area contributed by atoms with Gasteiger partial charge in [-0.1, -0.05) is 0 Å². The van der Waals surface area contributed by atoms with Crippen molar-refractivity contribution in [3.63, 3.8) is 0 Å². The van der Waals surface area contributed by atoms with Crippen molar-refractivity contribution < 1.29 is 4.42 Å². The molecule has 3 aromatic heterocycles. The largest absolute Gasteiger partial charge is 0.460 e. The molecule has 0 spiro atoms. The van der Waals surface area contributed by atoms with Crippen molar-refractivity contribution >= 4 is 22.6 Å². The molecule has 7 heteroatoms. The van der Waals surface area contributed by atoms with Crippen LogP contribution in [0.25, 0.3) is 11.0 Å². The van der Waals surface area contributed by atoms with Crippen LogP contribution in [0.5, 0.6) is 0 Å². The maximum atomic E-state index is 5.56. The van der Waals surface area contributed by atoms with Gasteiger partial charge < -0.3 is 14.6 Å². The Morgan fingerprint density at radius 2 is 2.13 bits per heavy atom. The molecule has 4 heterocycles. The second kappa shape index (κ2) is 5.83. The number of aromatic nitrogens is 4. The predicted octanol–water partition coefficient (Wildman–Crippen LogP) is 2.40. The Morgan fingerprint density at radius 3 is 2.96 bits per heavy atom. The van der Waals surface area contributed by atoms with Crippen molar-refractivity contribution in [2.75, 3.05) is 23.3 Å². The molecule has 118 valence electrons. The van der Waals surface area contributed by atoms with E-state index in [-0.39, 0.29) is 0 Å². The zero-order valence-electron chi connectivity index (χ0n) is 12.9. The third-order valence-electron chi connectivity index (χ3n) is 4.20. The molecule has 0 amide bonds. The van der Waals surface area contributed by atoms with E-state index in [1.807, 2.05) is 19.1 Å². The van der Waals surface area contributed by atoms with Gasteiger partial charge in [-0.2, -0.15) is 5.10 Å². The first-order chi connectivity index (χ1) is 11.3. The molecule has 1 aliphatic heterocycles. The molecule has 1 aliphatic rings. The first-order valence-electron chi connectivity index (χ1n) is 7.78. The quantitative estimate of drug-likeness (QED) is 0.795. The molecule has 0 aromatic carbocycles. The molecular weight excluding hydrogens is 292 g/mol. The molecule has 23 heavy (non-hydrogen) atoms. The number of fused-ring (bicyclic) bond motifs is 1. The Balaban J connectivity index is 1.44. The highest BCUT2D eigenvalue weighted by Gasteiger charge is 2.23. The van der Waals surface area contributed by atoms with Crippen molar-refractivity contribution in [3.8, 4) is 0 Å². The standard InChI is InChI=1S/C16H18N6O/c1-11-8-14(18-10-17-11)20-13-2-5-22(6-3-13)16-15-12(4-7-23-15)9-19-21-16/h4,7-10,13H,2-3,5-6H2,1H3,(H,17,18,20). The highest BCUT2D eigenvalue weighted by Crippen LogP contribution is 2.27. The summed E-state index contributed by atoms with van der Waals surface area (Å²) in [6, 6.07) is 4.30. The molecule has 0 atom stereocenters. The number of piperidine rings is 1. The van der Waals surface area contributed by atoms with E-state index in [2.05, 4.69) is 30.4 Å². The Morgan fingerprint density at radius 1 is 1.26 bits per heavy atom. The Kier molecular flexibility index (Phi) is 3.53. The highest BCUT2D eigenvalue weighted by molar-refractivity contribution is 5.86. The van der Waals surface area contributed by atoms with Gasteiger partial charge in [0.05, 0.1) is 12.5 Å². The molecule has 0 radical (unpaired) electrons. The summed E-state index contributed by atoms with van der Waals surface area (Å²) in [5, 5.41) is 12.8. The lowest BCUT2D eigenvalue weighted by atomic mass is 10.0. The number of hydrogen-bond donors (Lipinski definition) is 1. The van der Waals surface area contributed by atoms with Gasteiger partial charge in [-0.3, -0.25) is 0 Å². The summed E-state index contributed by atoms with van der Waals surface area (Å²) in [4.78, 5) is 10.6. The molecule has 0 bridgehead atoms. The minimum absolute atomic E-state index is 0.407. The van der Waals surface area contributed by atoms with Crippen LogP contribution in [0.15, 0.2) is 35.3 Å². The smallest absolute Gasteiger partial charge is 0.195 e. The van der Waals surface area contributed by atoms with Crippen LogP contribution in [0.2, 0.25) is 0 Å². The molecule has 0 aliphatic carbocycles. The molecule has 0 unspecified atom stereocenters. The van der Waals surface area contributed by atoms with Gasteiger partial charge in [-0.05, 0) is 25.8 Å². The average molecular weight is 310 g/mol. The fraction of sp³-hybridized carbons (Fsp3) is 0.375. The minimum atomic E-state index is 0.407. The number of aryl methyl sites for hydroxylation is 1. The lowest BCUT2D eigenvalue weighted by Crippen LogP contribution is -2.39. The van der Waals surface area contributed by atoms with Crippen molar-refractivity contribution in [1.82, 2.24) is 20.2 Å². The van der Waals surface area contributed by atoms with Gasteiger partial charge in [-0.15, -0.1) is 5.10 Å². The van der Waals surface area contributed by atoms with Crippen molar-refractivity contribution in [2.24, 2.45) is 0 Å². The van der Waals surface area contributed by atoms with E-state index in [0.29, 0.717) is 6.04 Å². The molecule has 0 saturated carbocycles. The number of furan rings is 1. The van der Waals surface area contributed by atoms with Crippen LogP contribution < -0.4 is 10.2 Å². The second-order valence-electron chi connectivity index (χ2n) is 5.82. The van der Waals surface area contributed by atoms with Crippen molar-refractivity contribution in [1.29, 1.82) is 0 Å². The summed E-state index contributed by atoms with van der Waals surface area (Å²) in [7, 11) is 0. The lowest BCUT2D eigenvalue weighted by molar-refractivity contribution is 0.517. The maximum Gasteiger partial charge on any atom is 0.195 e. The number of nitrogens with zero attached hydrogens (tertiary/aromatic N) is 5. The molecular formula is C16H18N6O. The normalized spacial score (nSPS) is 16.0. The lowest BCUT2D eigenvalue weighted by Gasteiger charge is -2.33. The summed E-state index contributed by atoms with van der Waals surface area (Å²) in [5.41, 5.74) is 1.79. The molecule has 4 rings (SSSR count). The van der Waals surface area contributed by atoms with Gasteiger partial charge in [0, 0.05) is 36.3 Å². The number of anilines is 2. The van der Waals surface area contributed by atoms with Gasteiger partial charge >= 0.3 is 0 Å². The minimum Gasteiger partial charge on any atom is -0.460 e. The summed E-state index contributed by atoms with van der Waals surface area (Å²) in [5.74, 6) is 1.73. The van der Waals surface area contributed by atoms with Crippen LogP contribution in [-0.2, 0) is 0 Å². The topological polar surface area (TPSA) is 80.0 Å². The van der Waals surface area contributed by atoms with Gasteiger partial charge in [0.15, 0.2) is 11.4 Å². The van der Waals surface area contributed by atoms with Gasteiger partial charge in [0.1, 0.15) is 12.1 Å². The second-order valence-corrected chi connectivity index (χ2v) is 5.82.